The molecule has 1 aliphatic rings. The normalized spacial score (nSPS) is 16.8. The van der Waals surface area contributed by atoms with Gasteiger partial charge in [-0.25, -0.2) is 4.79 Å². The number of Topliss-reactive ketones (excluding diaryl/α,β-unsaturated/α-hetero) is 2. The average Bonchev–Trinajstić information content (AvgIpc) is 3.21. The Hall–Kier alpha value is -4.09. The van der Waals surface area contributed by atoms with Crippen LogP contribution in [0, 0.1) is 0 Å². The van der Waals surface area contributed by atoms with Crippen LogP contribution < -0.4 is 16.0 Å². The van der Waals surface area contributed by atoms with Crippen molar-refractivity contribution in [1.82, 2.24) is 20.9 Å². The molecule has 12 heteroatoms. The van der Waals surface area contributed by atoms with Gasteiger partial charge in [0.15, 0.2) is 11.8 Å². The Kier molecular flexibility index (Phi) is 9.41. The molecule has 0 saturated carbocycles. The average molecular weight is 474 g/mol. The molecule has 4 amide bonds. The summed E-state index contributed by atoms with van der Waals surface area (Å²) in [5, 5.41) is 16.1. The topological polar surface area (TPSA) is 179 Å². The van der Waals surface area contributed by atoms with E-state index in [0.717, 1.165) is 4.90 Å². The molecule has 0 bridgehead atoms. The summed E-state index contributed by atoms with van der Waals surface area (Å²) in [4.78, 5) is 84.6. The second-order valence-electron chi connectivity index (χ2n) is 7.68. The summed E-state index contributed by atoms with van der Waals surface area (Å²) >= 11 is 0. The fraction of sp³-hybridized carbons (Fsp3) is 0.409. The molecule has 0 radical (unpaired) electrons. The molecule has 1 aromatic rings. The van der Waals surface area contributed by atoms with E-state index in [-0.39, 0.29) is 25.2 Å². The highest BCUT2D eigenvalue weighted by molar-refractivity contribution is 6.38. The van der Waals surface area contributed by atoms with Crippen molar-refractivity contribution in [2.45, 2.75) is 44.3 Å². The van der Waals surface area contributed by atoms with Gasteiger partial charge in [-0.1, -0.05) is 43.7 Å². The van der Waals surface area contributed by atoms with Gasteiger partial charge in [-0.3, -0.25) is 28.8 Å². The molecule has 0 aromatic heterocycles. The Morgan fingerprint density at radius 1 is 1.15 bits per heavy atom. The lowest BCUT2D eigenvalue weighted by Crippen LogP contribution is -2.53. The molecule has 12 nitrogen and oxygen atoms in total. The second-order valence-corrected chi connectivity index (χ2v) is 7.68. The van der Waals surface area contributed by atoms with Crippen LogP contribution in [-0.4, -0.2) is 76.8 Å². The molecule has 1 aromatic carbocycles. The van der Waals surface area contributed by atoms with Crippen LogP contribution in [0.2, 0.25) is 0 Å². The van der Waals surface area contributed by atoms with Crippen LogP contribution in [0.15, 0.2) is 30.3 Å². The van der Waals surface area contributed by atoms with E-state index in [0.29, 0.717) is 18.4 Å². The fourth-order valence-corrected chi connectivity index (χ4v) is 3.44. The number of hydrogen-bond acceptors (Lipinski definition) is 7. The number of benzene rings is 1. The highest BCUT2D eigenvalue weighted by Gasteiger charge is 2.37. The third-order valence-corrected chi connectivity index (χ3v) is 5.15. The minimum atomic E-state index is -1.34. The Morgan fingerprint density at radius 3 is 2.41 bits per heavy atom. The number of hydrogen-bond donors (Lipinski definition) is 4. The highest BCUT2D eigenvalue weighted by Crippen LogP contribution is 2.14. The van der Waals surface area contributed by atoms with Gasteiger partial charge in [0.25, 0.3) is 5.91 Å². The van der Waals surface area contributed by atoms with Crippen molar-refractivity contribution in [2.75, 3.05) is 13.1 Å². The highest BCUT2D eigenvalue weighted by atomic mass is 16.4. The number of carbonyl (C=O) groups is 7. The smallest absolute Gasteiger partial charge is 0.330 e. The van der Waals surface area contributed by atoms with Gasteiger partial charge in [-0.2, -0.15) is 0 Å². The molecule has 182 valence electrons. The maximum Gasteiger partial charge on any atom is 0.330 e. The van der Waals surface area contributed by atoms with Gasteiger partial charge >= 0.3 is 5.97 Å². The zero-order valence-electron chi connectivity index (χ0n) is 18.5. The Morgan fingerprint density at radius 2 is 1.82 bits per heavy atom. The number of carboxylic acids is 1. The van der Waals surface area contributed by atoms with Gasteiger partial charge in [0.1, 0.15) is 6.04 Å². The van der Waals surface area contributed by atoms with Crippen LogP contribution in [0.1, 0.15) is 37.8 Å². The molecule has 3 atom stereocenters. The first-order valence-electron chi connectivity index (χ1n) is 10.6. The van der Waals surface area contributed by atoms with Gasteiger partial charge in [0.2, 0.25) is 24.0 Å². The van der Waals surface area contributed by atoms with E-state index in [1.807, 2.05) is 0 Å². The molecule has 2 rings (SSSR count). The molecular formula is C22H26N4O8. The molecule has 1 fully saturated rings. The number of carbonyl (C=O) groups excluding carboxylic acids is 6. The minimum absolute atomic E-state index is 0.112. The molecule has 1 aliphatic heterocycles. The summed E-state index contributed by atoms with van der Waals surface area (Å²) in [6.07, 6.45) is 0.733. The van der Waals surface area contributed by atoms with Crippen molar-refractivity contribution in [3.8, 4) is 0 Å². The lowest BCUT2D eigenvalue weighted by molar-refractivity contribution is -0.142. The molecule has 0 aliphatic carbocycles. The van der Waals surface area contributed by atoms with Crippen LogP contribution in [0.4, 0.5) is 0 Å². The first kappa shape index (κ1) is 26.2. The zero-order valence-corrected chi connectivity index (χ0v) is 18.5. The third kappa shape index (κ3) is 6.95. The second kappa shape index (κ2) is 12.2. The van der Waals surface area contributed by atoms with Gasteiger partial charge < -0.3 is 26.0 Å². The quantitative estimate of drug-likeness (QED) is 0.213. The van der Waals surface area contributed by atoms with Crippen molar-refractivity contribution in [3.05, 3.63) is 35.9 Å². The number of likely N-dealkylation sites (tertiary alicyclic amines) is 1. The van der Waals surface area contributed by atoms with E-state index in [1.165, 1.54) is 12.1 Å². The standard InChI is InChI=1S/C22H26N4O8/c1-2-6-15(24-20(31)16-9-14(28)11-26(16)12-27)19(30)21(32)23-10-17(29)25-18(22(33)34)13-7-4-3-5-8-13/h3-5,7-8,12,15-16,18H,2,6,9-11H2,1H3,(H,23,32)(H,24,31)(H,25,29)(H,33,34)/t15?,16-,18?/m0/s1. The van der Waals surface area contributed by atoms with Gasteiger partial charge in [0.05, 0.1) is 19.1 Å². The van der Waals surface area contributed by atoms with E-state index in [9.17, 15) is 38.7 Å². The number of rotatable bonds is 12. The molecule has 1 heterocycles. The molecule has 1 saturated heterocycles. The Balaban J connectivity index is 1.95. The Bertz CT molecular complexity index is 965. The fourth-order valence-electron chi connectivity index (χ4n) is 3.44. The summed E-state index contributed by atoms with van der Waals surface area (Å²) in [5.41, 5.74) is 0.325. The summed E-state index contributed by atoms with van der Waals surface area (Å²) in [6, 6.07) is 4.31. The molecule has 0 spiro atoms. The molecule has 2 unspecified atom stereocenters. The predicted molar refractivity (Wildman–Crippen MR) is 116 cm³/mol. The van der Waals surface area contributed by atoms with E-state index in [2.05, 4.69) is 16.0 Å². The van der Waals surface area contributed by atoms with E-state index in [4.69, 9.17) is 0 Å². The van der Waals surface area contributed by atoms with Gasteiger partial charge in [-0.15, -0.1) is 0 Å². The maximum absolute atomic E-state index is 12.6. The van der Waals surface area contributed by atoms with Crippen LogP contribution in [-0.2, 0) is 33.6 Å². The van der Waals surface area contributed by atoms with E-state index < -0.39 is 54.1 Å². The van der Waals surface area contributed by atoms with Crippen LogP contribution >= 0.6 is 0 Å². The first-order chi connectivity index (χ1) is 16.2. The van der Waals surface area contributed by atoms with Crippen LogP contribution in [0.5, 0.6) is 0 Å². The number of amides is 4. The van der Waals surface area contributed by atoms with Gasteiger partial charge in [-0.05, 0) is 12.0 Å². The number of nitrogens with zero attached hydrogens (tertiary/aromatic N) is 1. The Labute approximate surface area is 195 Å². The van der Waals surface area contributed by atoms with Crippen molar-refractivity contribution in [3.63, 3.8) is 0 Å². The van der Waals surface area contributed by atoms with Crippen LogP contribution in [0.3, 0.4) is 0 Å². The lowest BCUT2D eigenvalue weighted by atomic mass is 10.1. The number of aliphatic carboxylic acids is 1. The number of carboxylic acid groups (broad SMARTS) is 1. The van der Waals surface area contributed by atoms with Crippen molar-refractivity contribution in [2.24, 2.45) is 0 Å². The maximum atomic E-state index is 12.6. The van der Waals surface area contributed by atoms with E-state index >= 15 is 0 Å². The zero-order chi connectivity index (χ0) is 25.3. The van der Waals surface area contributed by atoms with Crippen molar-refractivity contribution < 1.29 is 38.7 Å². The number of nitrogens with one attached hydrogen (secondary N) is 3. The van der Waals surface area contributed by atoms with Crippen LogP contribution in [0.25, 0.3) is 0 Å². The summed E-state index contributed by atoms with van der Waals surface area (Å²) in [6.45, 7) is 0.859. The molecule has 4 N–H and O–H groups in total. The summed E-state index contributed by atoms with van der Waals surface area (Å²) < 4.78 is 0. The lowest BCUT2D eigenvalue weighted by Gasteiger charge is -2.22. The SMILES string of the molecule is CCCC(NC(=O)[C@@H]1CC(=O)CN1C=O)C(=O)C(=O)NCC(=O)NC(C(=O)O)c1ccccc1. The molecule has 34 heavy (non-hydrogen) atoms. The summed E-state index contributed by atoms with van der Waals surface area (Å²) in [5.74, 6) is -5.33. The first-order valence-corrected chi connectivity index (χ1v) is 10.6. The van der Waals surface area contributed by atoms with Crippen molar-refractivity contribution >= 4 is 41.7 Å². The third-order valence-electron chi connectivity index (χ3n) is 5.15. The number of ketones is 2. The minimum Gasteiger partial charge on any atom is -0.479 e. The largest absolute Gasteiger partial charge is 0.479 e. The van der Waals surface area contributed by atoms with Gasteiger partial charge in [0, 0.05) is 6.42 Å². The predicted octanol–water partition coefficient (Wildman–Crippen LogP) is -1.30. The monoisotopic (exact) mass is 474 g/mol. The molecular weight excluding hydrogens is 448 g/mol. The summed E-state index contributed by atoms with van der Waals surface area (Å²) in [7, 11) is 0. The van der Waals surface area contributed by atoms with E-state index in [1.54, 1.807) is 25.1 Å². The van der Waals surface area contributed by atoms with Crippen molar-refractivity contribution in [1.29, 1.82) is 0 Å².